The Morgan fingerprint density at radius 1 is 1.33 bits per heavy atom. The largest absolute Gasteiger partial charge is 0.264 e. The number of aromatic amines is 1. The number of hydrogen-bond acceptors (Lipinski definition) is 4. The smallest absolute Gasteiger partial charge is 0.225 e. The van der Waals surface area contributed by atoms with E-state index in [9.17, 15) is 0 Å². The maximum atomic E-state index is 4.82. The second-order valence-corrected chi connectivity index (χ2v) is 6.37. The molecule has 6 nitrogen and oxygen atoms in total. The zero-order chi connectivity index (χ0) is 16.5. The SMILES string of the molecule is C=CCC1Cc2c(-c3nn[nH]n3)nn(Cc3ccccc3)c2[C@@H]1C. The van der Waals surface area contributed by atoms with Crippen molar-refractivity contribution in [3.63, 3.8) is 0 Å². The van der Waals surface area contributed by atoms with Gasteiger partial charge in [-0.3, -0.25) is 4.68 Å². The zero-order valence-corrected chi connectivity index (χ0v) is 13.7. The molecule has 0 saturated heterocycles. The Labute approximate surface area is 140 Å². The summed E-state index contributed by atoms with van der Waals surface area (Å²) in [6, 6.07) is 10.4. The van der Waals surface area contributed by atoms with Crippen LogP contribution >= 0.6 is 0 Å². The van der Waals surface area contributed by atoms with Crippen LogP contribution in [0.25, 0.3) is 11.5 Å². The van der Waals surface area contributed by atoms with Gasteiger partial charge in [0.05, 0.1) is 6.54 Å². The lowest BCUT2D eigenvalue weighted by Gasteiger charge is -2.16. The molecule has 2 aromatic heterocycles. The minimum absolute atomic E-state index is 0.440. The fourth-order valence-corrected chi connectivity index (χ4v) is 3.71. The minimum atomic E-state index is 0.440. The Morgan fingerprint density at radius 3 is 2.88 bits per heavy atom. The minimum Gasteiger partial charge on any atom is -0.264 e. The highest BCUT2D eigenvalue weighted by Crippen LogP contribution is 2.43. The first-order valence-electron chi connectivity index (χ1n) is 8.26. The Bertz CT molecular complexity index is 834. The van der Waals surface area contributed by atoms with E-state index in [0.29, 0.717) is 17.7 Å². The number of allylic oxidation sites excluding steroid dienone is 1. The van der Waals surface area contributed by atoms with E-state index in [1.165, 1.54) is 16.8 Å². The highest BCUT2D eigenvalue weighted by atomic mass is 15.5. The molecule has 0 aliphatic heterocycles. The quantitative estimate of drug-likeness (QED) is 0.734. The predicted molar refractivity (Wildman–Crippen MR) is 91.4 cm³/mol. The van der Waals surface area contributed by atoms with Crippen molar-refractivity contribution < 1.29 is 0 Å². The van der Waals surface area contributed by atoms with Crippen molar-refractivity contribution in [3.05, 3.63) is 59.8 Å². The van der Waals surface area contributed by atoms with Gasteiger partial charge in [-0.05, 0) is 29.5 Å². The summed E-state index contributed by atoms with van der Waals surface area (Å²) in [5, 5.41) is 19.3. The summed E-state index contributed by atoms with van der Waals surface area (Å²) in [5.41, 5.74) is 4.65. The molecule has 1 N–H and O–H groups in total. The van der Waals surface area contributed by atoms with E-state index in [-0.39, 0.29) is 0 Å². The van der Waals surface area contributed by atoms with Crippen LogP contribution in [-0.2, 0) is 13.0 Å². The van der Waals surface area contributed by atoms with Crippen LogP contribution in [0.2, 0.25) is 0 Å². The van der Waals surface area contributed by atoms with Crippen molar-refractivity contribution >= 4 is 0 Å². The molecule has 0 fully saturated rings. The number of H-pyrrole nitrogens is 1. The lowest BCUT2D eigenvalue weighted by molar-refractivity contribution is 0.461. The molecule has 1 aliphatic carbocycles. The summed E-state index contributed by atoms with van der Waals surface area (Å²) in [6.07, 6.45) is 4.00. The third kappa shape index (κ3) is 2.44. The molecule has 0 bridgehead atoms. The number of hydrogen-bond donors (Lipinski definition) is 1. The molecule has 1 aromatic carbocycles. The highest BCUT2D eigenvalue weighted by molar-refractivity contribution is 5.58. The number of nitrogens with one attached hydrogen (secondary N) is 1. The summed E-state index contributed by atoms with van der Waals surface area (Å²) in [6.45, 7) is 6.94. The van der Waals surface area contributed by atoms with E-state index in [4.69, 9.17) is 5.10 Å². The van der Waals surface area contributed by atoms with Crippen molar-refractivity contribution in [1.82, 2.24) is 30.4 Å². The number of tetrazole rings is 1. The summed E-state index contributed by atoms with van der Waals surface area (Å²) < 4.78 is 2.12. The van der Waals surface area contributed by atoms with Crippen molar-refractivity contribution in [3.8, 4) is 11.5 Å². The average molecular weight is 320 g/mol. The van der Waals surface area contributed by atoms with E-state index in [1.54, 1.807) is 0 Å². The van der Waals surface area contributed by atoms with Gasteiger partial charge in [0.1, 0.15) is 5.69 Å². The van der Waals surface area contributed by atoms with Crippen molar-refractivity contribution in [2.75, 3.05) is 0 Å². The lowest BCUT2D eigenvalue weighted by Crippen LogP contribution is -2.12. The number of rotatable bonds is 5. The molecule has 2 atom stereocenters. The molecular weight excluding hydrogens is 300 g/mol. The predicted octanol–water partition coefficient (Wildman–Crippen LogP) is 2.96. The van der Waals surface area contributed by atoms with Gasteiger partial charge in [0, 0.05) is 17.2 Å². The summed E-state index contributed by atoms with van der Waals surface area (Å²) in [5.74, 6) is 1.57. The first-order chi connectivity index (χ1) is 11.8. The fourth-order valence-electron chi connectivity index (χ4n) is 3.71. The van der Waals surface area contributed by atoms with Crippen LogP contribution in [0.1, 0.15) is 36.1 Å². The van der Waals surface area contributed by atoms with Crippen LogP contribution in [0.5, 0.6) is 0 Å². The standard InChI is InChI=1S/C18H20N6/c1-3-7-14-10-15-16(18-19-22-23-20-18)21-24(17(15)12(14)2)11-13-8-5-4-6-9-13/h3-6,8-9,12,14H,1,7,10-11H2,2H3,(H,19,20,22,23)/t12-,14?/m1/s1. The van der Waals surface area contributed by atoms with Crippen LogP contribution < -0.4 is 0 Å². The van der Waals surface area contributed by atoms with Gasteiger partial charge in [0.15, 0.2) is 0 Å². The van der Waals surface area contributed by atoms with Gasteiger partial charge in [0.2, 0.25) is 5.82 Å². The second kappa shape index (κ2) is 6.03. The first kappa shape index (κ1) is 14.8. The van der Waals surface area contributed by atoms with E-state index >= 15 is 0 Å². The maximum Gasteiger partial charge on any atom is 0.225 e. The van der Waals surface area contributed by atoms with Gasteiger partial charge < -0.3 is 0 Å². The lowest BCUT2D eigenvalue weighted by atomic mass is 9.93. The Kier molecular flexibility index (Phi) is 3.72. The Balaban J connectivity index is 1.78. The first-order valence-corrected chi connectivity index (χ1v) is 8.26. The molecular formula is C18H20N6. The zero-order valence-electron chi connectivity index (χ0n) is 13.7. The summed E-state index contributed by atoms with van der Waals surface area (Å²) in [7, 11) is 0. The van der Waals surface area contributed by atoms with Gasteiger partial charge in [-0.2, -0.15) is 10.3 Å². The normalized spacial score (nSPS) is 19.4. The average Bonchev–Trinajstić information content (AvgIpc) is 3.29. The Hall–Kier alpha value is -2.76. The van der Waals surface area contributed by atoms with E-state index in [2.05, 4.69) is 63.1 Å². The third-order valence-electron chi connectivity index (χ3n) is 4.90. The molecule has 0 amide bonds. The van der Waals surface area contributed by atoms with Gasteiger partial charge in [-0.1, -0.05) is 43.3 Å². The van der Waals surface area contributed by atoms with E-state index < -0.39 is 0 Å². The van der Waals surface area contributed by atoms with Crippen molar-refractivity contribution in [1.29, 1.82) is 0 Å². The number of benzene rings is 1. The van der Waals surface area contributed by atoms with Gasteiger partial charge >= 0.3 is 0 Å². The van der Waals surface area contributed by atoms with Gasteiger partial charge in [0.25, 0.3) is 0 Å². The molecule has 122 valence electrons. The second-order valence-electron chi connectivity index (χ2n) is 6.37. The molecule has 0 spiro atoms. The van der Waals surface area contributed by atoms with Crippen LogP contribution in [0.15, 0.2) is 43.0 Å². The van der Waals surface area contributed by atoms with Crippen molar-refractivity contribution in [2.45, 2.75) is 32.2 Å². The summed E-state index contributed by atoms with van der Waals surface area (Å²) >= 11 is 0. The number of nitrogens with zero attached hydrogens (tertiary/aromatic N) is 5. The van der Waals surface area contributed by atoms with Crippen LogP contribution in [0, 0.1) is 5.92 Å². The summed E-state index contributed by atoms with van der Waals surface area (Å²) in [4.78, 5) is 0. The Morgan fingerprint density at radius 2 is 2.17 bits per heavy atom. The molecule has 2 heterocycles. The van der Waals surface area contributed by atoms with E-state index in [1.807, 2.05) is 12.1 Å². The molecule has 1 unspecified atom stereocenters. The third-order valence-corrected chi connectivity index (χ3v) is 4.90. The van der Waals surface area contributed by atoms with Crippen LogP contribution in [0.4, 0.5) is 0 Å². The van der Waals surface area contributed by atoms with Gasteiger partial charge in [-0.15, -0.1) is 16.8 Å². The van der Waals surface area contributed by atoms with Crippen LogP contribution in [-0.4, -0.2) is 30.4 Å². The molecule has 24 heavy (non-hydrogen) atoms. The molecule has 0 radical (unpaired) electrons. The number of aromatic nitrogens is 6. The molecule has 6 heteroatoms. The molecule has 0 saturated carbocycles. The van der Waals surface area contributed by atoms with E-state index in [0.717, 1.165) is 25.1 Å². The molecule has 4 rings (SSSR count). The monoisotopic (exact) mass is 320 g/mol. The molecule has 1 aliphatic rings. The maximum absolute atomic E-state index is 4.82. The van der Waals surface area contributed by atoms with Crippen molar-refractivity contribution in [2.24, 2.45) is 5.92 Å². The molecule has 3 aromatic rings. The van der Waals surface area contributed by atoms with Crippen LogP contribution in [0.3, 0.4) is 0 Å². The van der Waals surface area contributed by atoms with Gasteiger partial charge in [-0.25, -0.2) is 0 Å². The number of fused-ring (bicyclic) bond motifs is 1. The highest BCUT2D eigenvalue weighted by Gasteiger charge is 2.36. The fraction of sp³-hybridized carbons (Fsp3) is 0.333. The topological polar surface area (TPSA) is 72.3 Å².